The third kappa shape index (κ3) is 2.73. The molecule has 0 bridgehead atoms. The van der Waals surface area contributed by atoms with Crippen molar-refractivity contribution in [3.8, 4) is 0 Å². The quantitative estimate of drug-likeness (QED) is 0.857. The van der Waals surface area contributed by atoms with Crippen molar-refractivity contribution in [3.05, 3.63) is 40.5 Å². The van der Waals surface area contributed by atoms with Gasteiger partial charge in [-0.05, 0) is 31.0 Å². The van der Waals surface area contributed by atoms with Crippen molar-refractivity contribution in [3.63, 3.8) is 0 Å². The van der Waals surface area contributed by atoms with Crippen LogP contribution in [0.15, 0.2) is 24.3 Å². The third-order valence-electron chi connectivity index (χ3n) is 3.70. The van der Waals surface area contributed by atoms with Crippen LogP contribution >= 0.6 is 11.6 Å². The van der Waals surface area contributed by atoms with E-state index in [0.717, 1.165) is 42.5 Å². The van der Waals surface area contributed by atoms with E-state index in [1.165, 1.54) is 5.56 Å². The van der Waals surface area contributed by atoms with Gasteiger partial charge in [0.25, 0.3) is 0 Å². The standard InChI is InChI=1S/C15H18ClN3/c1-10-2-3-11-7-12(15(16)18-14(11)6-10)8-19-5-4-13(17)9-19/h2-3,6-7,13H,4-5,8-9,17H2,1H3/t13-/m1/s1. The molecule has 2 aromatic rings. The Morgan fingerprint density at radius 1 is 1.42 bits per heavy atom. The van der Waals surface area contributed by atoms with Gasteiger partial charge in [-0.25, -0.2) is 4.98 Å². The lowest BCUT2D eigenvalue weighted by Gasteiger charge is -2.16. The Hall–Kier alpha value is -1.16. The lowest BCUT2D eigenvalue weighted by atomic mass is 10.1. The second-order valence-electron chi connectivity index (χ2n) is 5.42. The highest BCUT2D eigenvalue weighted by atomic mass is 35.5. The third-order valence-corrected chi connectivity index (χ3v) is 4.03. The first-order chi connectivity index (χ1) is 9.11. The number of nitrogens with zero attached hydrogens (tertiary/aromatic N) is 2. The Morgan fingerprint density at radius 3 is 3.00 bits per heavy atom. The number of halogens is 1. The van der Waals surface area contributed by atoms with Crippen molar-refractivity contribution in [2.75, 3.05) is 13.1 Å². The molecule has 2 heterocycles. The monoisotopic (exact) mass is 275 g/mol. The van der Waals surface area contributed by atoms with Gasteiger partial charge in [-0.1, -0.05) is 23.7 Å². The molecule has 2 N–H and O–H groups in total. The molecule has 1 aromatic carbocycles. The number of hydrogen-bond donors (Lipinski definition) is 1. The fraction of sp³-hybridized carbons (Fsp3) is 0.400. The first-order valence-corrected chi connectivity index (χ1v) is 7.03. The van der Waals surface area contributed by atoms with Crippen molar-refractivity contribution in [1.82, 2.24) is 9.88 Å². The number of benzene rings is 1. The molecule has 1 aromatic heterocycles. The van der Waals surface area contributed by atoms with Crippen LogP contribution in [-0.4, -0.2) is 29.0 Å². The predicted molar refractivity (Wildman–Crippen MR) is 79.4 cm³/mol. The molecule has 1 fully saturated rings. The normalized spacial score (nSPS) is 20.3. The van der Waals surface area contributed by atoms with E-state index in [4.69, 9.17) is 17.3 Å². The minimum absolute atomic E-state index is 0.301. The van der Waals surface area contributed by atoms with Crippen LogP contribution in [0.25, 0.3) is 10.9 Å². The molecule has 1 aliphatic rings. The van der Waals surface area contributed by atoms with Gasteiger partial charge in [-0.2, -0.15) is 0 Å². The molecule has 0 saturated carbocycles. The van der Waals surface area contributed by atoms with E-state index >= 15 is 0 Å². The number of likely N-dealkylation sites (tertiary alicyclic amines) is 1. The minimum Gasteiger partial charge on any atom is -0.326 e. The molecule has 1 atom stereocenters. The molecule has 0 amide bonds. The smallest absolute Gasteiger partial charge is 0.134 e. The van der Waals surface area contributed by atoms with Gasteiger partial charge in [0.2, 0.25) is 0 Å². The first kappa shape index (κ1) is 12.9. The Bertz CT molecular complexity index is 612. The Kier molecular flexibility index (Phi) is 3.44. The minimum atomic E-state index is 0.301. The summed E-state index contributed by atoms with van der Waals surface area (Å²) in [4.78, 5) is 6.85. The fourth-order valence-corrected chi connectivity index (χ4v) is 2.86. The number of rotatable bonds is 2. The molecule has 3 nitrogen and oxygen atoms in total. The molecule has 100 valence electrons. The zero-order chi connectivity index (χ0) is 13.4. The maximum absolute atomic E-state index is 6.30. The van der Waals surface area contributed by atoms with Gasteiger partial charge in [0.05, 0.1) is 5.52 Å². The van der Waals surface area contributed by atoms with E-state index in [1.807, 2.05) is 0 Å². The number of nitrogens with two attached hydrogens (primary N) is 1. The van der Waals surface area contributed by atoms with E-state index in [0.29, 0.717) is 11.2 Å². The van der Waals surface area contributed by atoms with Crippen LogP contribution in [0.4, 0.5) is 0 Å². The molecule has 4 heteroatoms. The van der Waals surface area contributed by atoms with Crippen LogP contribution < -0.4 is 5.73 Å². The second-order valence-corrected chi connectivity index (χ2v) is 5.78. The highest BCUT2D eigenvalue weighted by Crippen LogP contribution is 2.23. The van der Waals surface area contributed by atoms with E-state index < -0.39 is 0 Å². The van der Waals surface area contributed by atoms with Crippen LogP contribution in [0.3, 0.4) is 0 Å². The van der Waals surface area contributed by atoms with E-state index in [9.17, 15) is 0 Å². The van der Waals surface area contributed by atoms with Crippen LogP contribution in [0.5, 0.6) is 0 Å². The molecule has 0 radical (unpaired) electrons. The molecule has 19 heavy (non-hydrogen) atoms. The number of aryl methyl sites for hydroxylation is 1. The number of pyridine rings is 1. The lowest BCUT2D eigenvalue weighted by molar-refractivity contribution is 0.327. The maximum Gasteiger partial charge on any atom is 0.134 e. The Morgan fingerprint density at radius 2 is 2.26 bits per heavy atom. The van der Waals surface area contributed by atoms with Crippen LogP contribution in [0, 0.1) is 6.92 Å². The summed E-state index contributed by atoms with van der Waals surface area (Å²) >= 11 is 6.30. The number of aromatic nitrogens is 1. The van der Waals surface area contributed by atoms with Gasteiger partial charge in [-0.15, -0.1) is 0 Å². The molecular formula is C15H18ClN3. The molecule has 1 aliphatic heterocycles. The largest absolute Gasteiger partial charge is 0.326 e. The molecule has 0 aliphatic carbocycles. The average molecular weight is 276 g/mol. The molecule has 3 rings (SSSR count). The second kappa shape index (κ2) is 5.08. The maximum atomic E-state index is 6.30. The highest BCUT2D eigenvalue weighted by molar-refractivity contribution is 6.30. The van der Waals surface area contributed by atoms with Gasteiger partial charge < -0.3 is 5.73 Å². The molecule has 0 spiro atoms. The SMILES string of the molecule is Cc1ccc2cc(CN3CC[C@@H](N)C3)c(Cl)nc2c1. The van der Waals surface area contributed by atoms with Gasteiger partial charge in [0, 0.05) is 36.6 Å². The summed E-state index contributed by atoms with van der Waals surface area (Å²) in [6.07, 6.45) is 1.07. The molecular weight excluding hydrogens is 258 g/mol. The topological polar surface area (TPSA) is 42.1 Å². The summed E-state index contributed by atoms with van der Waals surface area (Å²) < 4.78 is 0. The number of fused-ring (bicyclic) bond motifs is 1. The summed E-state index contributed by atoms with van der Waals surface area (Å²) in [5, 5.41) is 1.76. The molecule has 0 unspecified atom stereocenters. The lowest BCUT2D eigenvalue weighted by Crippen LogP contribution is -2.26. The summed E-state index contributed by atoms with van der Waals surface area (Å²) in [5.74, 6) is 0. The highest BCUT2D eigenvalue weighted by Gasteiger charge is 2.20. The van der Waals surface area contributed by atoms with Crippen molar-refractivity contribution < 1.29 is 0 Å². The fourth-order valence-electron chi connectivity index (χ4n) is 2.66. The van der Waals surface area contributed by atoms with Crippen molar-refractivity contribution in [2.45, 2.75) is 25.9 Å². The van der Waals surface area contributed by atoms with Crippen molar-refractivity contribution in [2.24, 2.45) is 5.73 Å². The van der Waals surface area contributed by atoms with Crippen molar-refractivity contribution in [1.29, 1.82) is 0 Å². The predicted octanol–water partition coefficient (Wildman–Crippen LogP) is 2.73. The molecule has 1 saturated heterocycles. The summed E-state index contributed by atoms with van der Waals surface area (Å²) in [6, 6.07) is 8.72. The van der Waals surface area contributed by atoms with Crippen LogP contribution in [0.1, 0.15) is 17.5 Å². The van der Waals surface area contributed by atoms with E-state index in [-0.39, 0.29) is 0 Å². The summed E-state index contributed by atoms with van der Waals surface area (Å²) in [7, 11) is 0. The van der Waals surface area contributed by atoms with Crippen molar-refractivity contribution >= 4 is 22.5 Å². The van der Waals surface area contributed by atoms with Gasteiger partial charge >= 0.3 is 0 Å². The average Bonchev–Trinajstić information content (AvgIpc) is 2.76. The van der Waals surface area contributed by atoms with E-state index in [1.54, 1.807) is 0 Å². The zero-order valence-electron chi connectivity index (χ0n) is 11.1. The van der Waals surface area contributed by atoms with Gasteiger partial charge in [-0.3, -0.25) is 4.90 Å². The van der Waals surface area contributed by atoms with Crippen LogP contribution in [-0.2, 0) is 6.54 Å². The zero-order valence-corrected chi connectivity index (χ0v) is 11.8. The summed E-state index contributed by atoms with van der Waals surface area (Å²) in [6.45, 7) is 4.89. The summed E-state index contributed by atoms with van der Waals surface area (Å²) in [5.41, 5.74) is 9.19. The Balaban J connectivity index is 1.91. The van der Waals surface area contributed by atoms with Gasteiger partial charge in [0.15, 0.2) is 0 Å². The van der Waals surface area contributed by atoms with Crippen LogP contribution in [0.2, 0.25) is 5.15 Å². The Labute approximate surface area is 118 Å². The number of hydrogen-bond acceptors (Lipinski definition) is 3. The van der Waals surface area contributed by atoms with Gasteiger partial charge in [0.1, 0.15) is 5.15 Å². The first-order valence-electron chi connectivity index (χ1n) is 6.65. The van der Waals surface area contributed by atoms with E-state index in [2.05, 4.69) is 41.1 Å².